The molecule has 1 fully saturated rings. The van der Waals surface area contributed by atoms with Gasteiger partial charge in [0, 0.05) is 5.56 Å². The number of rotatable bonds is 4. The standard InChI is InChI=1S/C18H16FN5O2/c19-13-9-5-4-8-12(13)14-10-26-18(20-14)21-17(25)16-15(22-24-23-16)11-6-2-1-3-7-11/h1-10,15-16,22-24H,(H,20,21,25). The molecule has 4 N–H and O–H groups in total. The summed E-state index contributed by atoms with van der Waals surface area (Å²) in [6, 6.07) is 15.0. The number of amides is 1. The maximum Gasteiger partial charge on any atom is 0.301 e. The van der Waals surface area contributed by atoms with Crippen molar-refractivity contribution in [1.29, 1.82) is 0 Å². The SMILES string of the molecule is O=C(Nc1nc(-c2ccccc2F)co1)C1NNNC1c1ccccc1. The largest absolute Gasteiger partial charge is 0.431 e. The van der Waals surface area contributed by atoms with E-state index >= 15 is 0 Å². The van der Waals surface area contributed by atoms with E-state index < -0.39 is 11.9 Å². The molecule has 1 aromatic heterocycles. The van der Waals surface area contributed by atoms with Crippen LogP contribution in [0.1, 0.15) is 11.6 Å². The van der Waals surface area contributed by atoms with Gasteiger partial charge >= 0.3 is 6.01 Å². The minimum Gasteiger partial charge on any atom is -0.431 e. The minimum atomic E-state index is -0.582. The molecule has 2 aromatic carbocycles. The third-order valence-electron chi connectivity index (χ3n) is 4.11. The van der Waals surface area contributed by atoms with Gasteiger partial charge in [-0.05, 0) is 17.7 Å². The number of nitrogens with zero attached hydrogens (tertiary/aromatic N) is 1. The van der Waals surface area contributed by atoms with E-state index in [4.69, 9.17) is 4.42 Å². The van der Waals surface area contributed by atoms with Gasteiger partial charge in [-0.2, -0.15) is 10.5 Å². The molecule has 2 unspecified atom stereocenters. The maximum absolute atomic E-state index is 13.8. The van der Waals surface area contributed by atoms with Crippen molar-refractivity contribution in [3.05, 3.63) is 72.2 Å². The molecule has 26 heavy (non-hydrogen) atoms. The molecule has 0 saturated carbocycles. The smallest absolute Gasteiger partial charge is 0.301 e. The summed E-state index contributed by atoms with van der Waals surface area (Å²) in [7, 11) is 0. The summed E-state index contributed by atoms with van der Waals surface area (Å²) >= 11 is 0. The highest BCUT2D eigenvalue weighted by atomic mass is 19.1. The zero-order valence-electron chi connectivity index (χ0n) is 13.6. The molecule has 1 saturated heterocycles. The molecule has 3 aromatic rings. The Morgan fingerprint density at radius 3 is 2.65 bits per heavy atom. The van der Waals surface area contributed by atoms with Gasteiger partial charge in [-0.15, -0.1) is 0 Å². The van der Waals surface area contributed by atoms with Crippen molar-refractivity contribution in [3.63, 3.8) is 0 Å². The summed E-state index contributed by atoms with van der Waals surface area (Å²) in [5.41, 5.74) is 10.2. The lowest BCUT2D eigenvalue weighted by atomic mass is 10.0. The fraction of sp³-hybridized carbons (Fsp3) is 0.111. The number of hydrazine groups is 2. The monoisotopic (exact) mass is 353 g/mol. The Morgan fingerprint density at radius 1 is 1.08 bits per heavy atom. The summed E-state index contributed by atoms with van der Waals surface area (Å²) in [5, 5.41) is 2.61. The highest BCUT2D eigenvalue weighted by Gasteiger charge is 2.34. The molecule has 0 radical (unpaired) electrons. The Bertz CT molecular complexity index is 915. The third kappa shape index (κ3) is 3.21. The van der Waals surface area contributed by atoms with Crippen LogP contribution in [0.4, 0.5) is 10.4 Å². The number of carbonyl (C=O) groups is 1. The van der Waals surface area contributed by atoms with E-state index in [2.05, 4.69) is 26.7 Å². The number of aromatic nitrogens is 1. The predicted octanol–water partition coefficient (Wildman–Crippen LogP) is 2.14. The quantitative estimate of drug-likeness (QED) is 0.575. The molecule has 2 heterocycles. The molecule has 7 nitrogen and oxygen atoms in total. The Morgan fingerprint density at radius 2 is 1.85 bits per heavy atom. The van der Waals surface area contributed by atoms with E-state index in [1.165, 1.54) is 12.3 Å². The van der Waals surface area contributed by atoms with Crippen LogP contribution < -0.4 is 21.7 Å². The highest BCUT2D eigenvalue weighted by molar-refractivity contribution is 5.94. The Balaban J connectivity index is 1.49. The van der Waals surface area contributed by atoms with Crippen LogP contribution in [-0.2, 0) is 4.79 Å². The molecule has 132 valence electrons. The van der Waals surface area contributed by atoms with E-state index in [9.17, 15) is 9.18 Å². The number of carbonyl (C=O) groups excluding carboxylic acids is 1. The Kier molecular flexibility index (Phi) is 4.44. The van der Waals surface area contributed by atoms with Crippen LogP contribution in [0.25, 0.3) is 11.3 Å². The lowest BCUT2D eigenvalue weighted by Crippen LogP contribution is -2.41. The van der Waals surface area contributed by atoms with Crippen LogP contribution in [0.2, 0.25) is 0 Å². The van der Waals surface area contributed by atoms with Crippen LogP contribution in [0.5, 0.6) is 0 Å². The number of hydrogen-bond acceptors (Lipinski definition) is 6. The summed E-state index contributed by atoms with van der Waals surface area (Å²) in [4.78, 5) is 16.7. The van der Waals surface area contributed by atoms with E-state index in [1.807, 2.05) is 30.3 Å². The topological polar surface area (TPSA) is 91.2 Å². The highest BCUT2D eigenvalue weighted by Crippen LogP contribution is 2.24. The molecular formula is C18H16FN5O2. The van der Waals surface area contributed by atoms with Crippen LogP contribution in [0, 0.1) is 5.82 Å². The fourth-order valence-corrected chi connectivity index (χ4v) is 2.82. The van der Waals surface area contributed by atoms with Crippen LogP contribution in [0.3, 0.4) is 0 Å². The zero-order chi connectivity index (χ0) is 17.9. The summed E-state index contributed by atoms with van der Waals surface area (Å²) in [5.74, 6) is -0.744. The van der Waals surface area contributed by atoms with Gasteiger partial charge in [0.15, 0.2) is 0 Å². The van der Waals surface area contributed by atoms with Gasteiger partial charge in [0.25, 0.3) is 0 Å². The van der Waals surface area contributed by atoms with Crippen molar-refractivity contribution in [3.8, 4) is 11.3 Å². The molecule has 1 aliphatic heterocycles. The fourth-order valence-electron chi connectivity index (χ4n) is 2.82. The van der Waals surface area contributed by atoms with E-state index in [0.29, 0.717) is 11.3 Å². The first-order valence-corrected chi connectivity index (χ1v) is 8.04. The molecule has 1 amide bonds. The number of nitrogens with one attached hydrogen (secondary N) is 4. The first-order chi connectivity index (χ1) is 12.7. The third-order valence-corrected chi connectivity index (χ3v) is 4.11. The van der Waals surface area contributed by atoms with Gasteiger partial charge in [0.1, 0.15) is 23.8 Å². The zero-order valence-corrected chi connectivity index (χ0v) is 13.6. The van der Waals surface area contributed by atoms with Crippen molar-refractivity contribution in [1.82, 2.24) is 21.4 Å². The number of hydrogen-bond donors (Lipinski definition) is 4. The van der Waals surface area contributed by atoms with Gasteiger partial charge in [0.2, 0.25) is 5.91 Å². The Labute approximate surface area is 148 Å². The van der Waals surface area contributed by atoms with E-state index in [0.717, 1.165) is 5.56 Å². The van der Waals surface area contributed by atoms with Crippen molar-refractivity contribution in [2.75, 3.05) is 5.32 Å². The van der Waals surface area contributed by atoms with Crippen molar-refractivity contribution in [2.24, 2.45) is 0 Å². The van der Waals surface area contributed by atoms with Gasteiger partial charge in [-0.3, -0.25) is 10.1 Å². The van der Waals surface area contributed by atoms with Gasteiger partial charge in [0.05, 0.1) is 6.04 Å². The van der Waals surface area contributed by atoms with Gasteiger partial charge < -0.3 is 4.42 Å². The number of anilines is 1. The van der Waals surface area contributed by atoms with Crippen molar-refractivity contribution >= 4 is 11.9 Å². The Hall–Kier alpha value is -3.07. The maximum atomic E-state index is 13.8. The van der Waals surface area contributed by atoms with Crippen LogP contribution in [-0.4, -0.2) is 16.9 Å². The normalized spacial score (nSPS) is 19.4. The van der Waals surface area contributed by atoms with Crippen molar-refractivity contribution < 1.29 is 13.6 Å². The predicted molar refractivity (Wildman–Crippen MR) is 92.9 cm³/mol. The average Bonchev–Trinajstić information content (AvgIpc) is 3.32. The summed E-state index contributed by atoms with van der Waals surface area (Å²) < 4.78 is 19.1. The average molecular weight is 353 g/mol. The van der Waals surface area contributed by atoms with Crippen LogP contribution in [0.15, 0.2) is 65.3 Å². The lowest BCUT2D eigenvalue weighted by molar-refractivity contribution is -0.118. The van der Waals surface area contributed by atoms with Crippen LogP contribution >= 0.6 is 0 Å². The van der Waals surface area contributed by atoms with Gasteiger partial charge in [-0.25, -0.2) is 15.2 Å². The second-order valence-corrected chi connectivity index (χ2v) is 5.79. The lowest BCUT2D eigenvalue weighted by Gasteiger charge is -2.16. The van der Waals surface area contributed by atoms with Crippen molar-refractivity contribution in [2.45, 2.75) is 12.1 Å². The number of halogens is 1. The molecule has 0 aliphatic carbocycles. The molecule has 0 spiro atoms. The molecule has 0 bridgehead atoms. The molecule has 2 atom stereocenters. The molecule has 8 heteroatoms. The second-order valence-electron chi connectivity index (χ2n) is 5.79. The number of benzene rings is 2. The molecule has 4 rings (SSSR count). The van der Waals surface area contributed by atoms with Gasteiger partial charge in [-0.1, -0.05) is 42.5 Å². The molecular weight excluding hydrogens is 337 g/mol. The van der Waals surface area contributed by atoms with E-state index in [-0.39, 0.29) is 18.0 Å². The summed E-state index contributed by atoms with van der Waals surface area (Å²) in [6.07, 6.45) is 1.31. The second kappa shape index (κ2) is 7.04. The molecule has 1 aliphatic rings. The first-order valence-electron chi connectivity index (χ1n) is 8.04. The summed E-state index contributed by atoms with van der Waals surface area (Å²) in [6.45, 7) is 0. The first kappa shape index (κ1) is 16.4. The van der Waals surface area contributed by atoms with E-state index in [1.54, 1.807) is 18.2 Å². The number of oxazole rings is 1. The minimum absolute atomic E-state index is 0.00812.